The van der Waals surface area contributed by atoms with E-state index in [4.69, 9.17) is 0 Å². The Bertz CT molecular complexity index is 1230. The molecule has 0 radical (unpaired) electrons. The van der Waals surface area contributed by atoms with Gasteiger partial charge in [-0.25, -0.2) is 0 Å². The number of ketones is 1. The molecule has 5 rings (SSSR count). The number of amidine groups is 1. The highest BCUT2D eigenvalue weighted by Gasteiger charge is 2.28. The molecular weight excluding hydrogens is 426 g/mol. The molecule has 0 amide bonds. The Morgan fingerprint density at radius 1 is 1.00 bits per heavy atom. The van der Waals surface area contributed by atoms with Crippen LogP contribution in [-0.4, -0.2) is 38.1 Å². The number of nitrogens with one attached hydrogen (secondary N) is 2. The fourth-order valence-electron chi connectivity index (χ4n) is 3.86. The van der Waals surface area contributed by atoms with Gasteiger partial charge in [0.25, 0.3) is 0 Å². The van der Waals surface area contributed by atoms with E-state index in [1.165, 1.54) is 18.4 Å². The zero-order chi connectivity index (χ0) is 23.3. The maximum absolute atomic E-state index is 11.9. The summed E-state index contributed by atoms with van der Waals surface area (Å²) in [5.74, 6) is 2.98. The Balaban J connectivity index is 1.36. The number of aromatic nitrogens is 4. The largest absolute Gasteiger partial charge is 0.324 e. The molecule has 0 unspecified atom stereocenters. The zero-order valence-electron chi connectivity index (χ0n) is 19.2. The molecule has 2 aliphatic rings. The van der Waals surface area contributed by atoms with Crippen LogP contribution in [-0.2, 0) is 11.2 Å². The van der Waals surface area contributed by atoms with E-state index in [9.17, 15) is 4.79 Å². The normalized spacial score (nSPS) is 15.0. The van der Waals surface area contributed by atoms with Crippen LogP contribution < -0.4 is 10.6 Å². The first-order valence-corrected chi connectivity index (χ1v) is 11.7. The van der Waals surface area contributed by atoms with Crippen molar-refractivity contribution < 1.29 is 4.79 Å². The number of carbonyl (C=O) groups excluding carboxylic acids is 1. The number of benzene rings is 1. The number of carbonyl (C=O) groups is 1. The Kier molecular flexibility index (Phi) is 6.38. The van der Waals surface area contributed by atoms with Gasteiger partial charge < -0.3 is 10.6 Å². The van der Waals surface area contributed by atoms with Gasteiger partial charge in [-0.05, 0) is 66.7 Å². The van der Waals surface area contributed by atoms with E-state index in [1.54, 1.807) is 6.20 Å². The molecular formula is C26H27N7O. The van der Waals surface area contributed by atoms with Crippen LogP contribution in [0.25, 0.3) is 11.5 Å². The minimum absolute atomic E-state index is 0.255. The fraction of sp³-hybridized carbons (Fsp3) is 0.308. The molecule has 1 saturated carbocycles. The second kappa shape index (κ2) is 9.91. The van der Waals surface area contributed by atoms with Gasteiger partial charge in [0.15, 0.2) is 5.82 Å². The van der Waals surface area contributed by atoms with E-state index in [1.807, 2.05) is 49.4 Å². The average molecular weight is 454 g/mol. The van der Waals surface area contributed by atoms with Crippen molar-refractivity contribution in [2.75, 3.05) is 17.2 Å². The lowest BCUT2D eigenvalue weighted by Gasteiger charge is -2.10. The van der Waals surface area contributed by atoms with Crippen LogP contribution >= 0.6 is 0 Å². The summed E-state index contributed by atoms with van der Waals surface area (Å²) >= 11 is 0. The number of pyridine rings is 1. The standard InChI is InChI=1S/C26H27N7O/c1-2-5-21(34)14-17-7-11-20(12-8-17)29-25-31-24(22-6-3-4-13-27-22)32-26(33-25)30-23-15-19(16-28-23)18-9-10-18/h3-4,6-8,11-13,15,18H,2,5,9-10,14,16H2,1H3,(H2,28,29,30,31,32,33). The predicted octanol–water partition coefficient (Wildman–Crippen LogP) is 4.75. The molecule has 3 aromatic rings. The maximum atomic E-state index is 11.9. The molecule has 1 aromatic carbocycles. The fourth-order valence-corrected chi connectivity index (χ4v) is 3.86. The number of aliphatic imine (C=N–C) groups is 1. The number of hydrogen-bond acceptors (Lipinski definition) is 8. The number of rotatable bonds is 9. The lowest BCUT2D eigenvalue weighted by molar-refractivity contribution is -0.118. The molecule has 0 bridgehead atoms. The molecule has 8 nitrogen and oxygen atoms in total. The third kappa shape index (κ3) is 5.51. The van der Waals surface area contributed by atoms with E-state index in [0.717, 1.165) is 30.1 Å². The summed E-state index contributed by atoms with van der Waals surface area (Å²) in [5.41, 5.74) is 3.85. The molecule has 8 heteroatoms. The average Bonchev–Trinajstić information content (AvgIpc) is 3.60. The second-order valence-corrected chi connectivity index (χ2v) is 8.63. The van der Waals surface area contributed by atoms with Crippen molar-refractivity contribution in [1.29, 1.82) is 0 Å². The van der Waals surface area contributed by atoms with Gasteiger partial charge in [0.1, 0.15) is 17.3 Å². The molecule has 1 fully saturated rings. The van der Waals surface area contributed by atoms with Gasteiger partial charge >= 0.3 is 0 Å². The molecule has 2 aromatic heterocycles. The molecule has 172 valence electrons. The smallest absolute Gasteiger partial charge is 0.233 e. The molecule has 2 N–H and O–H groups in total. The van der Waals surface area contributed by atoms with Gasteiger partial charge in [-0.1, -0.05) is 25.1 Å². The van der Waals surface area contributed by atoms with Crippen molar-refractivity contribution in [2.24, 2.45) is 10.9 Å². The molecule has 0 saturated heterocycles. The topological polar surface area (TPSA) is 105 Å². The van der Waals surface area contributed by atoms with Gasteiger partial charge in [0.05, 0.1) is 6.54 Å². The molecule has 0 atom stereocenters. The van der Waals surface area contributed by atoms with Crippen LogP contribution in [0, 0.1) is 5.92 Å². The summed E-state index contributed by atoms with van der Waals surface area (Å²) in [5, 5.41) is 6.49. The van der Waals surface area contributed by atoms with E-state index < -0.39 is 0 Å². The van der Waals surface area contributed by atoms with Gasteiger partial charge in [-0.3, -0.25) is 14.8 Å². The lowest BCUT2D eigenvalue weighted by atomic mass is 10.1. The Labute approximate surface area is 198 Å². The summed E-state index contributed by atoms with van der Waals surface area (Å²) in [6, 6.07) is 13.4. The summed E-state index contributed by atoms with van der Waals surface area (Å²) in [6.45, 7) is 2.76. The Morgan fingerprint density at radius 2 is 1.79 bits per heavy atom. The Hall–Kier alpha value is -3.94. The third-order valence-corrected chi connectivity index (χ3v) is 5.77. The summed E-state index contributed by atoms with van der Waals surface area (Å²) in [4.78, 5) is 34.6. The monoisotopic (exact) mass is 453 g/mol. The van der Waals surface area contributed by atoms with Crippen molar-refractivity contribution in [1.82, 2.24) is 19.9 Å². The van der Waals surface area contributed by atoms with Gasteiger partial charge in [-0.15, -0.1) is 0 Å². The van der Waals surface area contributed by atoms with Crippen LogP contribution in [0.2, 0.25) is 0 Å². The molecule has 3 heterocycles. The number of nitrogens with zero attached hydrogens (tertiary/aromatic N) is 5. The summed E-state index contributed by atoms with van der Waals surface area (Å²) in [6.07, 6.45) is 8.26. The zero-order valence-corrected chi connectivity index (χ0v) is 19.2. The predicted molar refractivity (Wildman–Crippen MR) is 133 cm³/mol. The van der Waals surface area contributed by atoms with Crippen molar-refractivity contribution in [2.45, 2.75) is 39.0 Å². The van der Waals surface area contributed by atoms with E-state index in [2.05, 4.69) is 41.6 Å². The highest BCUT2D eigenvalue weighted by atomic mass is 16.1. The number of anilines is 3. The molecule has 34 heavy (non-hydrogen) atoms. The van der Waals surface area contributed by atoms with Crippen molar-refractivity contribution in [3.8, 4) is 11.5 Å². The highest BCUT2D eigenvalue weighted by Crippen LogP contribution is 2.37. The van der Waals surface area contributed by atoms with E-state index >= 15 is 0 Å². The molecule has 1 aliphatic heterocycles. The minimum atomic E-state index is 0.255. The van der Waals surface area contributed by atoms with Crippen molar-refractivity contribution in [3.63, 3.8) is 0 Å². The van der Waals surface area contributed by atoms with Crippen molar-refractivity contribution >= 4 is 29.2 Å². The first-order chi connectivity index (χ1) is 16.7. The number of hydrogen-bond donors (Lipinski definition) is 2. The molecule has 1 aliphatic carbocycles. The maximum Gasteiger partial charge on any atom is 0.233 e. The lowest BCUT2D eigenvalue weighted by Crippen LogP contribution is -2.13. The summed E-state index contributed by atoms with van der Waals surface area (Å²) in [7, 11) is 0. The van der Waals surface area contributed by atoms with Crippen LogP contribution in [0.1, 0.15) is 38.2 Å². The number of Topliss-reactive ketones (excluding diaryl/α,β-unsaturated/α-hetero) is 1. The van der Waals surface area contributed by atoms with Crippen LogP contribution in [0.4, 0.5) is 17.6 Å². The van der Waals surface area contributed by atoms with Crippen LogP contribution in [0.15, 0.2) is 65.3 Å². The minimum Gasteiger partial charge on any atom is -0.324 e. The van der Waals surface area contributed by atoms with E-state index in [-0.39, 0.29) is 5.78 Å². The SMILES string of the molecule is CCCC(=O)Cc1ccc(Nc2nc(NC3=NCC(C4CC4)=C3)nc(-c3ccccn3)n2)cc1. The van der Waals surface area contributed by atoms with Gasteiger partial charge in [0, 0.05) is 24.7 Å². The highest BCUT2D eigenvalue weighted by molar-refractivity contribution is 6.05. The van der Waals surface area contributed by atoms with Gasteiger partial charge in [0.2, 0.25) is 11.9 Å². The first-order valence-electron chi connectivity index (χ1n) is 11.7. The van der Waals surface area contributed by atoms with Crippen molar-refractivity contribution in [3.05, 3.63) is 65.9 Å². The van der Waals surface area contributed by atoms with Crippen LogP contribution in [0.5, 0.6) is 0 Å². The molecule has 0 spiro atoms. The van der Waals surface area contributed by atoms with E-state index in [0.29, 0.717) is 42.2 Å². The third-order valence-electron chi connectivity index (χ3n) is 5.77. The second-order valence-electron chi connectivity index (χ2n) is 8.63. The first kappa shape index (κ1) is 21.9. The van der Waals surface area contributed by atoms with Crippen LogP contribution in [0.3, 0.4) is 0 Å². The Morgan fingerprint density at radius 3 is 2.50 bits per heavy atom. The quantitative estimate of drug-likeness (QED) is 0.482. The summed E-state index contributed by atoms with van der Waals surface area (Å²) < 4.78 is 0. The van der Waals surface area contributed by atoms with Gasteiger partial charge in [-0.2, -0.15) is 15.0 Å².